The monoisotopic (exact) mass is 361 g/mol. The lowest BCUT2D eigenvalue weighted by Gasteiger charge is -2.11. The zero-order chi connectivity index (χ0) is 19.4. The molecule has 0 aliphatic heterocycles. The zero-order valence-electron chi connectivity index (χ0n) is 16.5. The van der Waals surface area contributed by atoms with Gasteiger partial charge in [0, 0.05) is 29.3 Å². The summed E-state index contributed by atoms with van der Waals surface area (Å²) < 4.78 is 2.11. The molecule has 140 valence electrons. The van der Waals surface area contributed by atoms with Crippen LogP contribution in [0.3, 0.4) is 0 Å². The number of hydrogen-bond acceptors (Lipinski definition) is 2. The van der Waals surface area contributed by atoms with Gasteiger partial charge in [0.15, 0.2) is 0 Å². The number of para-hydroxylation sites is 1. The number of aryl methyl sites for hydroxylation is 1. The van der Waals surface area contributed by atoms with Gasteiger partial charge in [-0.3, -0.25) is 4.79 Å². The second kappa shape index (κ2) is 8.23. The summed E-state index contributed by atoms with van der Waals surface area (Å²) in [6.07, 6.45) is 0.999. The molecule has 4 heteroatoms. The summed E-state index contributed by atoms with van der Waals surface area (Å²) in [6.45, 7) is 5.02. The van der Waals surface area contributed by atoms with E-state index in [0.717, 1.165) is 35.7 Å². The molecule has 0 fully saturated rings. The molecule has 27 heavy (non-hydrogen) atoms. The van der Waals surface area contributed by atoms with Crippen molar-refractivity contribution in [2.24, 2.45) is 0 Å². The highest BCUT2D eigenvalue weighted by Crippen LogP contribution is 2.22. The molecule has 1 amide bonds. The minimum atomic E-state index is -0.0775. The number of carbonyl (C=O) groups excluding carboxylic acids is 1. The minimum Gasteiger partial charge on any atom is -0.322 e. The molecule has 4 nitrogen and oxygen atoms in total. The number of amides is 1. The number of likely N-dealkylation sites (N-methyl/N-ethyl adjacent to an activating group) is 1. The third-order valence-electron chi connectivity index (χ3n) is 4.75. The van der Waals surface area contributed by atoms with Crippen LogP contribution in [0.25, 0.3) is 5.69 Å². The first-order valence-electron chi connectivity index (χ1n) is 9.25. The Kier molecular flexibility index (Phi) is 5.77. The van der Waals surface area contributed by atoms with Gasteiger partial charge >= 0.3 is 0 Å². The Bertz CT molecular complexity index is 909. The largest absolute Gasteiger partial charge is 0.322 e. The van der Waals surface area contributed by atoms with E-state index >= 15 is 0 Å². The van der Waals surface area contributed by atoms with E-state index in [4.69, 9.17) is 0 Å². The molecular weight excluding hydrogens is 334 g/mol. The molecule has 0 spiro atoms. The molecule has 3 aromatic rings. The second-order valence-electron chi connectivity index (χ2n) is 7.16. The highest BCUT2D eigenvalue weighted by Gasteiger charge is 2.16. The normalized spacial score (nSPS) is 11.0. The van der Waals surface area contributed by atoms with Gasteiger partial charge in [0.1, 0.15) is 0 Å². The summed E-state index contributed by atoms with van der Waals surface area (Å²) in [5.74, 6) is -0.0775. The number of rotatable bonds is 6. The lowest BCUT2D eigenvalue weighted by molar-refractivity contribution is 0.102. The minimum absolute atomic E-state index is 0.0775. The van der Waals surface area contributed by atoms with Crippen molar-refractivity contribution >= 4 is 11.6 Å². The Morgan fingerprint density at radius 2 is 1.67 bits per heavy atom. The van der Waals surface area contributed by atoms with Gasteiger partial charge in [0.25, 0.3) is 5.91 Å². The average Bonchev–Trinajstić information content (AvgIpc) is 2.96. The first-order chi connectivity index (χ1) is 13.0. The van der Waals surface area contributed by atoms with Gasteiger partial charge in [-0.2, -0.15) is 0 Å². The summed E-state index contributed by atoms with van der Waals surface area (Å²) in [4.78, 5) is 15.0. The molecule has 0 radical (unpaired) electrons. The molecule has 0 bridgehead atoms. The van der Waals surface area contributed by atoms with E-state index in [2.05, 4.69) is 41.0 Å². The molecule has 3 rings (SSSR count). The number of benzene rings is 2. The molecule has 1 N–H and O–H groups in total. The molecule has 0 unspecified atom stereocenters. The van der Waals surface area contributed by atoms with Crippen LogP contribution in [-0.4, -0.2) is 36.0 Å². The molecule has 1 heterocycles. The van der Waals surface area contributed by atoms with E-state index in [0.29, 0.717) is 5.56 Å². The van der Waals surface area contributed by atoms with Crippen LogP contribution in [0, 0.1) is 13.8 Å². The van der Waals surface area contributed by atoms with Gasteiger partial charge in [0.2, 0.25) is 0 Å². The van der Waals surface area contributed by atoms with Crippen LogP contribution < -0.4 is 5.32 Å². The highest BCUT2D eigenvalue weighted by atomic mass is 16.1. The van der Waals surface area contributed by atoms with Crippen LogP contribution in [0.4, 0.5) is 5.69 Å². The quantitative estimate of drug-likeness (QED) is 0.704. The van der Waals surface area contributed by atoms with Gasteiger partial charge in [-0.1, -0.05) is 30.3 Å². The fourth-order valence-corrected chi connectivity index (χ4v) is 3.27. The van der Waals surface area contributed by atoms with Crippen molar-refractivity contribution in [2.75, 3.05) is 26.0 Å². The van der Waals surface area contributed by atoms with Crippen LogP contribution in [0.1, 0.15) is 27.3 Å². The molecule has 0 saturated heterocycles. The maximum Gasteiger partial charge on any atom is 0.257 e. The first kappa shape index (κ1) is 18.9. The molecule has 2 aromatic carbocycles. The van der Waals surface area contributed by atoms with E-state index in [1.165, 1.54) is 5.56 Å². The molecule has 1 aromatic heterocycles. The molecular formula is C23H27N3O. The first-order valence-corrected chi connectivity index (χ1v) is 9.25. The van der Waals surface area contributed by atoms with Crippen molar-refractivity contribution < 1.29 is 4.79 Å². The van der Waals surface area contributed by atoms with Crippen molar-refractivity contribution in [1.29, 1.82) is 0 Å². The van der Waals surface area contributed by atoms with E-state index in [1.54, 1.807) is 0 Å². The Morgan fingerprint density at radius 3 is 2.30 bits per heavy atom. The Hall–Kier alpha value is -2.85. The zero-order valence-corrected chi connectivity index (χ0v) is 16.5. The molecule has 0 aliphatic carbocycles. The summed E-state index contributed by atoms with van der Waals surface area (Å²) >= 11 is 0. The number of aromatic nitrogens is 1. The predicted octanol–water partition coefficient (Wildman–Crippen LogP) is 4.45. The average molecular weight is 361 g/mol. The molecule has 0 aliphatic rings. The third-order valence-corrected chi connectivity index (χ3v) is 4.75. The van der Waals surface area contributed by atoms with E-state index < -0.39 is 0 Å². The third kappa shape index (κ3) is 4.47. The van der Waals surface area contributed by atoms with Crippen molar-refractivity contribution in [3.05, 3.63) is 83.2 Å². The summed E-state index contributed by atoms with van der Waals surface area (Å²) in [6, 6.07) is 20.1. The van der Waals surface area contributed by atoms with E-state index in [1.807, 2.05) is 62.4 Å². The van der Waals surface area contributed by atoms with Gasteiger partial charge in [-0.25, -0.2) is 0 Å². The van der Waals surface area contributed by atoms with Crippen LogP contribution >= 0.6 is 0 Å². The van der Waals surface area contributed by atoms with Crippen molar-refractivity contribution in [2.45, 2.75) is 20.3 Å². The Morgan fingerprint density at radius 1 is 1.00 bits per heavy atom. The van der Waals surface area contributed by atoms with Crippen LogP contribution in [0.5, 0.6) is 0 Å². The summed E-state index contributed by atoms with van der Waals surface area (Å²) in [5.41, 5.74) is 5.84. The Balaban J connectivity index is 1.75. The Labute approximate surface area is 161 Å². The fraction of sp³-hybridized carbons (Fsp3) is 0.261. The maximum absolute atomic E-state index is 12.8. The van der Waals surface area contributed by atoms with E-state index in [9.17, 15) is 4.79 Å². The number of hydrogen-bond donors (Lipinski definition) is 1. The standard InChI is InChI=1S/C23H27N3O/c1-17-16-22(18(2)26(17)21-8-6-5-7-9-21)23(27)24-20-12-10-19(11-13-20)14-15-25(3)4/h5-13,16H,14-15H2,1-4H3,(H,24,27). The smallest absolute Gasteiger partial charge is 0.257 e. The summed E-state index contributed by atoms with van der Waals surface area (Å²) in [7, 11) is 4.14. The lowest BCUT2D eigenvalue weighted by atomic mass is 10.1. The number of anilines is 1. The fourth-order valence-electron chi connectivity index (χ4n) is 3.27. The van der Waals surface area contributed by atoms with Gasteiger partial charge < -0.3 is 14.8 Å². The van der Waals surface area contributed by atoms with Crippen molar-refractivity contribution in [3.63, 3.8) is 0 Å². The molecule has 0 saturated carbocycles. The number of carbonyl (C=O) groups is 1. The number of nitrogens with zero attached hydrogens (tertiary/aromatic N) is 2. The van der Waals surface area contributed by atoms with Gasteiger partial charge in [0.05, 0.1) is 5.56 Å². The molecule has 0 atom stereocenters. The predicted molar refractivity (Wildman–Crippen MR) is 112 cm³/mol. The van der Waals surface area contributed by atoms with Crippen LogP contribution in [0.15, 0.2) is 60.7 Å². The van der Waals surface area contributed by atoms with Crippen molar-refractivity contribution in [1.82, 2.24) is 9.47 Å². The van der Waals surface area contributed by atoms with E-state index in [-0.39, 0.29) is 5.91 Å². The van der Waals surface area contributed by atoms with Crippen molar-refractivity contribution in [3.8, 4) is 5.69 Å². The lowest BCUT2D eigenvalue weighted by Crippen LogP contribution is -2.15. The number of nitrogens with one attached hydrogen (secondary N) is 1. The van der Waals surface area contributed by atoms with Gasteiger partial charge in [-0.05, 0) is 70.3 Å². The SMILES string of the molecule is Cc1cc(C(=O)Nc2ccc(CCN(C)C)cc2)c(C)n1-c1ccccc1. The van der Waals surface area contributed by atoms with Gasteiger partial charge in [-0.15, -0.1) is 0 Å². The highest BCUT2D eigenvalue weighted by molar-refractivity contribution is 6.05. The van der Waals surface area contributed by atoms with Crippen LogP contribution in [0.2, 0.25) is 0 Å². The second-order valence-corrected chi connectivity index (χ2v) is 7.16. The maximum atomic E-state index is 12.8. The van der Waals surface area contributed by atoms with Crippen LogP contribution in [-0.2, 0) is 6.42 Å². The topological polar surface area (TPSA) is 37.3 Å². The summed E-state index contributed by atoms with van der Waals surface area (Å²) in [5, 5.41) is 3.02.